The van der Waals surface area contributed by atoms with Crippen molar-refractivity contribution in [2.45, 2.75) is 6.42 Å². The van der Waals surface area contributed by atoms with Gasteiger partial charge in [0.15, 0.2) is 0 Å². The average Bonchev–Trinajstić information content (AvgIpc) is 2.87. The Hall–Kier alpha value is -1.50. The summed E-state index contributed by atoms with van der Waals surface area (Å²) in [5, 5.41) is 2.59. The first-order valence-corrected chi connectivity index (χ1v) is 5.13. The molecule has 0 saturated heterocycles. The predicted octanol–water partition coefficient (Wildman–Crippen LogP) is 1.64. The summed E-state index contributed by atoms with van der Waals surface area (Å²) < 4.78 is 5.80. The summed E-state index contributed by atoms with van der Waals surface area (Å²) in [6.45, 7) is 0. The van der Waals surface area contributed by atoms with E-state index in [0.29, 0.717) is 0 Å². The van der Waals surface area contributed by atoms with Crippen LogP contribution in [0.1, 0.15) is 6.42 Å². The number of hydrogen-bond donors (Lipinski definition) is 0. The molecule has 1 heterocycles. The second-order valence-corrected chi connectivity index (χ2v) is 4.27. The van der Waals surface area contributed by atoms with Crippen molar-refractivity contribution in [3.8, 4) is 0 Å². The molecule has 68 valence electrons. The van der Waals surface area contributed by atoms with Gasteiger partial charge in [0.25, 0.3) is 0 Å². The van der Waals surface area contributed by atoms with E-state index in [-0.39, 0.29) is 0 Å². The van der Waals surface area contributed by atoms with Crippen molar-refractivity contribution >= 4 is 23.1 Å². The Bertz CT molecular complexity index is 633. The van der Waals surface area contributed by atoms with Crippen molar-refractivity contribution in [3.05, 3.63) is 34.9 Å². The molecular formula is C13H10O. The van der Waals surface area contributed by atoms with Gasteiger partial charge in [0.05, 0.1) is 0 Å². The lowest BCUT2D eigenvalue weighted by molar-refractivity contribution is 0.571. The van der Waals surface area contributed by atoms with E-state index in [9.17, 15) is 0 Å². The highest BCUT2D eigenvalue weighted by molar-refractivity contribution is 5.80. The summed E-state index contributed by atoms with van der Waals surface area (Å²) in [6.07, 6.45) is 5.99. The zero-order valence-corrected chi connectivity index (χ0v) is 7.73. The van der Waals surface area contributed by atoms with Crippen LogP contribution in [0.3, 0.4) is 0 Å². The first-order chi connectivity index (χ1) is 6.92. The molecule has 2 aromatic rings. The lowest BCUT2D eigenvalue weighted by atomic mass is 10.1. The quantitative estimate of drug-likeness (QED) is 0.603. The number of para-hydroxylation sites is 1. The van der Waals surface area contributed by atoms with Crippen LogP contribution in [0.4, 0.5) is 0 Å². The van der Waals surface area contributed by atoms with Gasteiger partial charge in [-0.05, 0) is 30.4 Å². The van der Waals surface area contributed by atoms with Gasteiger partial charge in [0.2, 0.25) is 0 Å². The topological polar surface area (TPSA) is 13.1 Å². The highest BCUT2D eigenvalue weighted by atomic mass is 16.3. The molecule has 0 spiro atoms. The fraction of sp³-hybridized carbons (Fsp3) is 0.231. The molecule has 1 fully saturated rings. The minimum atomic E-state index is 0.767. The van der Waals surface area contributed by atoms with E-state index < -0.39 is 0 Å². The van der Waals surface area contributed by atoms with E-state index in [1.54, 1.807) is 0 Å². The van der Waals surface area contributed by atoms with E-state index in [1.807, 2.05) is 12.1 Å². The van der Waals surface area contributed by atoms with Gasteiger partial charge in [-0.1, -0.05) is 24.3 Å². The molecule has 0 N–H and O–H groups in total. The number of furan rings is 1. The first-order valence-electron chi connectivity index (χ1n) is 5.13. The van der Waals surface area contributed by atoms with Crippen LogP contribution >= 0.6 is 0 Å². The fourth-order valence-electron chi connectivity index (χ4n) is 2.41. The highest BCUT2D eigenvalue weighted by Gasteiger charge is 2.35. The van der Waals surface area contributed by atoms with Crippen molar-refractivity contribution < 1.29 is 4.42 Å². The van der Waals surface area contributed by atoms with Crippen molar-refractivity contribution in [1.82, 2.24) is 0 Å². The summed E-state index contributed by atoms with van der Waals surface area (Å²) >= 11 is 0. The smallest absolute Gasteiger partial charge is 0.135 e. The Balaban J connectivity index is 2.28. The molecule has 0 radical (unpaired) electrons. The molecule has 14 heavy (non-hydrogen) atoms. The van der Waals surface area contributed by atoms with E-state index in [2.05, 4.69) is 24.3 Å². The first kappa shape index (κ1) is 6.88. The van der Waals surface area contributed by atoms with E-state index in [4.69, 9.17) is 4.42 Å². The maximum absolute atomic E-state index is 5.80. The van der Waals surface area contributed by atoms with Crippen molar-refractivity contribution in [2.75, 3.05) is 0 Å². The lowest BCUT2D eigenvalue weighted by Crippen LogP contribution is -2.22. The van der Waals surface area contributed by atoms with Gasteiger partial charge in [-0.3, -0.25) is 0 Å². The third-order valence-electron chi connectivity index (χ3n) is 3.30. The SMILES string of the molecule is C1=c2oc3ccccc3c2=CC2CC12. The van der Waals surface area contributed by atoms with Gasteiger partial charge in [0, 0.05) is 10.6 Å². The van der Waals surface area contributed by atoms with Gasteiger partial charge >= 0.3 is 0 Å². The number of rotatable bonds is 0. The summed E-state index contributed by atoms with van der Waals surface area (Å²) in [4.78, 5) is 0. The molecule has 2 aliphatic rings. The Morgan fingerprint density at radius 1 is 1.07 bits per heavy atom. The zero-order valence-electron chi connectivity index (χ0n) is 7.73. The van der Waals surface area contributed by atoms with Crippen molar-refractivity contribution in [3.63, 3.8) is 0 Å². The summed E-state index contributed by atoms with van der Waals surface area (Å²) in [5.74, 6) is 1.56. The molecule has 2 unspecified atom stereocenters. The van der Waals surface area contributed by atoms with Gasteiger partial charge < -0.3 is 4.42 Å². The fourth-order valence-corrected chi connectivity index (χ4v) is 2.41. The van der Waals surface area contributed by atoms with Gasteiger partial charge in [-0.25, -0.2) is 0 Å². The largest absolute Gasteiger partial charge is 0.456 e. The van der Waals surface area contributed by atoms with E-state index in [1.165, 1.54) is 17.0 Å². The number of benzene rings is 1. The molecule has 1 heteroatoms. The van der Waals surface area contributed by atoms with Crippen LogP contribution in [-0.2, 0) is 0 Å². The average molecular weight is 182 g/mol. The third-order valence-corrected chi connectivity index (χ3v) is 3.30. The number of fused-ring (bicyclic) bond motifs is 4. The van der Waals surface area contributed by atoms with Gasteiger partial charge in [-0.2, -0.15) is 0 Å². The predicted molar refractivity (Wildman–Crippen MR) is 56.0 cm³/mol. The maximum Gasteiger partial charge on any atom is 0.135 e. The Kier molecular flexibility index (Phi) is 1.04. The normalized spacial score (nSPS) is 27.4. The van der Waals surface area contributed by atoms with Crippen LogP contribution in [0.5, 0.6) is 0 Å². The molecule has 2 atom stereocenters. The maximum atomic E-state index is 5.80. The highest BCUT2D eigenvalue weighted by Crippen LogP contribution is 2.42. The molecule has 1 nitrogen and oxygen atoms in total. The Labute approximate surface area is 81.3 Å². The molecule has 2 aliphatic carbocycles. The molecule has 4 rings (SSSR count). The van der Waals surface area contributed by atoms with E-state index >= 15 is 0 Å². The molecule has 0 amide bonds. The van der Waals surface area contributed by atoms with Crippen LogP contribution in [0.15, 0.2) is 28.7 Å². The second-order valence-electron chi connectivity index (χ2n) is 4.27. The number of hydrogen-bond acceptors (Lipinski definition) is 1. The Morgan fingerprint density at radius 3 is 2.93 bits per heavy atom. The molecule has 1 aromatic heterocycles. The summed E-state index contributed by atoms with van der Waals surface area (Å²) in [7, 11) is 0. The van der Waals surface area contributed by atoms with Crippen LogP contribution < -0.4 is 10.6 Å². The summed E-state index contributed by atoms with van der Waals surface area (Å²) in [5.41, 5.74) is 2.11. The standard InChI is InChI=1S/C13H10O/c1-2-4-12-10(3-1)11-6-8-5-9(8)7-13(11)14-12/h1-4,6-9H,5H2. The van der Waals surface area contributed by atoms with Gasteiger partial charge in [-0.15, -0.1) is 0 Å². The zero-order chi connectivity index (χ0) is 9.12. The molecule has 0 aliphatic heterocycles. The van der Waals surface area contributed by atoms with Crippen LogP contribution in [-0.4, -0.2) is 0 Å². The second kappa shape index (κ2) is 2.11. The van der Waals surface area contributed by atoms with Crippen LogP contribution in [0.2, 0.25) is 0 Å². The molecular weight excluding hydrogens is 172 g/mol. The monoisotopic (exact) mass is 182 g/mol. The van der Waals surface area contributed by atoms with Crippen LogP contribution in [0, 0.1) is 11.8 Å². The molecule has 1 saturated carbocycles. The summed E-state index contributed by atoms with van der Waals surface area (Å²) in [6, 6.07) is 8.29. The minimum Gasteiger partial charge on any atom is -0.456 e. The van der Waals surface area contributed by atoms with Crippen molar-refractivity contribution in [2.24, 2.45) is 11.8 Å². The van der Waals surface area contributed by atoms with Crippen molar-refractivity contribution in [1.29, 1.82) is 0 Å². The molecule has 0 bridgehead atoms. The van der Waals surface area contributed by atoms with E-state index in [0.717, 1.165) is 22.8 Å². The van der Waals surface area contributed by atoms with Crippen LogP contribution in [0.25, 0.3) is 23.1 Å². The van der Waals surface area contributed by atoms with Gasteiger partial charge in [0.1, 0.15) is 11.0 Å². The third kappa shape index (κ3) is 0.752. The lowest BCUT2D eigenvalue weighted by Gasteiger charge is -1.90. The minimum absolute atomic E-state index is 0.767. The molecule has 1 aromatic carbocycles. The Morgan fingerprint density at radius 2 is 1.93 bits per heavy atom.